The highest BCUT2D eigenvalue weighted by Gasteiger charge is 2.50. The van der Waals surface area contributed by atoms with Crippen LogP contribution in [0.2, 0.25) is 0 Å². The van der Waals surface area contributed by atoms with Crippen molar-refractivity contribution in [2.75, 3.05) is 0 Å². The van der Waals surface area contributed by atoms with Gasteiger partial charge in [-0.15, -0.1) is 0 Å². The zero-order valence-corrected chi connectivity index (χ0v) is 12.2. The number of phenols is 6. The maximum atomic E-state index is 10.4. The Morgan fingerprint density at radius 3 is 1.39 bits per heavy atom. The van der Waals surface area contributed by atoms with E-state index in [0.717, 1.165) is 0 Å². The predicted molar refractivity (Wildman–Crippen MR) is 80.3 cm³/mol. The Balaban J connectivity index is 2.05. The highest BCUT2D eigenvalue weighted by molar-refractivity contribution is 5.70. The summed E-state index contributed by atoms with van der Waals surface area (Å²) < 4.78 is 0. The monoisotopic (exact) mass is 316 g/mol. The van der Waals surface area contributed by atoms with Gasteiger partial charge in [-0.1, -0.05) is 0 Å². The van der Waals surface area contributed by atoms with E-state index >= 15 is 0 Å². The molecule has 0 amide bonds. The van der Waals surface area contributed by atoms with Gasteiger partial charge in [0.15, 0.2) is 23.0 Å². The molecular weight excluding hydrogens is 300 g/mol. The second kappa shape index (κ2) is 4.16. The smallest absolute Gasteiger partial charge is 0.200 e. The Morgan fingerprint density at radius 2 is 1.00 bits per heavy atom. The molecule has 2 aromatic rings. The van der Waals surface area contributed by atoms with Crippen molar-refractivity contribution in [3.63, 3.8) is 0 Å². The Bertz CT molecular complexity index is 784. The molecule has 2 aliphatic carbocycles. The summed E-state index contributed by atoms with van der Waals surface area (Å²) in [5.74, 6) is -2.71. The van der Waals surface area contributed by atoms with Crippen LogP contribution < -0.4 is 0 Å². The van der Waals surface area contributed by atoms with E-state index in [1.165, 1.54) is 12.1 Å². The number of fused-ring (bicyclic) bond motifs is 4. The van der Waals surface area contributed by atoms with Gasteiger partial charge < -0.3 is 30.6 Å². The lowest BCUT2D eigenvalue weighted by atomic mass is 9.75. The van der Waals surface area contributed by atoms with Gasteiger partial charge in [0.25, 0.3) is 0 Å². The molecule has 2 aliphatic rings. The first-order valence-corrected chi connectivity index (χ1v) is 7.41. The summed E-state index contributed by atoms with van der Waals surface area (Å²) in [7, 11) is 0. The fraction of sp³-hybridized carbons (Fsp3) is 0.294. The first kappa shape index (κ1) is 13.9. The Kier molecular flexibility index (Phi) is 2.51. The SMILES string of the molecule is Oc1cc2c(c(O)c1O)C1(CC2)CCc2cc(O)c(O)c(O)c21. The summed E-state index contributed by atoms with van der Waals surface area (Å²) in [5.41, 5.74) is 1.63. The number of aromatic hydroxyl groups is 6. The van der Waals surface area contributed by atoms with Crippen LogP contribution in [-0.4, -0.2) is 30.6 Å². The second-order valence-corrected chi connectivity index (χ2v) is 6.34. The molecule has 0 unspecified atom stereocenters. The van der Waals surface area contributed by atoms with Crippen LogP contribution in [0.25, 0.3) is 0 Å². The largest absolute Gasteiger partial charge is 0.504 e. The summed E-state index contributed by atoms with van der Waals surface area (Å²) in [4.78, 5) is 0. The van der Waals surface area contributed by atoms with E-state index in [9.17, 15) is 30.6 Å². The number of hydrogen-bond donors (Lipinski definition) is 6. The molecule has 0 heterocycles. The first-order valence-electron chi connectivity index (χ1n) is 7.41. The molecule has 0 aromatic heterocycles. The van der Waals surface area contributed by atoms with Gasteiger partial charge in [0, 0.05) is 16.5 Å². The molecule has 6 N–H and O–H groups in total. The number of aryl methyl sites for hydroxylation is 2. The molecule has 2 aromatic carbocycles. The molecule has 4 rings (SSSR count). The average Bonchev–Trinajstić information content (AvgIpc) is 3.05. The Hall–Kier alpha value is -2.76. The molecule has 0 saturated heterocycles. The third-order valence-electron chi connectivity index (χ3n) is 5.27. The lowest BCUT2D eigenvalue weighted by Crippen LogP contribution is -2.21. The number of phenolic OH excluding ortho intramolecular Hbond substituents is 6. The van der Waals surface area contributed by atoms with Gasteiger partial charge in [-0.2, -0.15) is 0 Å². The molecule has 0 saturated carbocycles. The van der Waals surface area contributed by atoms with Crippen molar-refractivity contribution < 1.29 is 30.6 Å². The summed E-state index contributed by atoms with van der Waals surface area (Å²) in [6.45, 7) is 0. The fourth-order valence-corrected chi connectivity index (χ4v) is 4.30. The molecule has 0 atom stereocenters. The molecule has 1 spiro atoms. The van der Waals surface area contributed by atoms with Gasteiger partial charge in [-0.3, -0.25) is 0 Å². The summed E-state index contributed by atoms with van der Waals surface area (Å²) in [6, 6.07) is 2.85. The highest BCUT2D eigenvalue weighted by Crippen LogP contribution is 2.61. The van der Waals surface area contributed by atoms with Crippen molar-refractivity contribution in [1.29, 1.82) is 0 Å². The standard InChI is InChI=1S/C17H16O6/c18-9-5-7-1-3-17(11(7)15(22)13(9)20)4-2-8-6-10(19)14(21)16(23)12(8)17/h5-6,18-23H,1-4H2. The van der Waals surface area contributed by atoms with Crippen LogP contribution in [0.15, 0.2) is 12.1 Å². The molecule has 23 heavy (non-hydrogen) atoms. The summed E-state index contributed by atoms with van der Waals surface area (Å²) >= 11 is 0. The number of rotatable bonds is 0. The quantitative estimate of drug-likeness (QED) is 0.414. The van der Waals surface area contributed by atoms with Crippen LogP contribution in [0.3, 0.4) is 0 Å². The molecule has 6 heteroatoms. The Morgan fingerprint density at radius 1 is 0.609 bits per heavy atom. The van der Waals surface area contributed by atoms with Gasteiger partial charge in [0.1, 0.15) is 0 Å². The van der Waals surface area contributed by atoms with E-state index in [2.05, 4.69) is 0 Å². The lowest BCUT2D eigenvalue weighted by molar-refractivity contribution is 0.350. The van der Waals surface area contributed by atoms with Crippen molar-refractivity contribution in [2.45, 2.75) is 31.1 Å². The van der Waals surface area contributed by atoms with Crippen molar-refractivity contribution in [3.05, 3.63) is 34.4 Å². The zero-order chi connectivity index (χ0) is 16.5. The Labute approximate surface area is 131 Å². The van der Waals surface area contributed by atoms with Gasteiger partial charge in [0.2, 0.25) is 11.5 Å². The first-order chi connectivity index (χ1) is 10.9. The summed E-state index contributed by atoms with van der Waals surface area (Å²) in [5, 5.41) is 59.9. The van der Waals surface area contributed by atoms with Crippen LogP contribution in [0.1, 0.15) is 35.1 Å². The van der Waals surface area contributed by atoms with Crippen LogP contribution in [0.5, 0.6) is 34.5 Å². The van der Waals surface area contributed by atoms with Gasteiger partial charge in [-0.05, 0) is 48.9 Å². The minimum absolute atomic E-state index is 0.380. The number of benzene rings is 2. The van der Waals surface area contributed by atoms with E-state index < -0.39 is 28.4 Å². The van der Waals surface area contributed by atoms with Gasteiger partial charge in [0.05, 0.1) is 0 Å². The highest BCUT2D eigenvalue weighted by atomic mass is 16.3. The molecule has 0 radical (unpaired) electrons. The van der Waals surface area contributed by atoms with E-state index in [4.69, 9.17) is 0 Å². The molecule has 0 fully saturated rings. The maximum Gasteiger partial charge on any atom is 0.200 e. The number of hydrogen-bond acceptors (Lipinski definition) is 6. The van der Waals surface area contributed by atoms with Crippen LogP contribution >= 0.6 is 0 Å². The van der Waals surface area contributed by atoms with Crippen molar-refractivity contribution in [3.8, 4) is 34.5 Å². The maximum absolute atomic E-state index is 10.4. The third-order valence-corrected chi connectivity index (χ3v) is 5.27. The van der Waals surface area contributed by atoms with Crippen molar-refractivity contribution in [1.82, 2.24) is 0 Å². The molecule has 0 bridgehead atoms. The minimum atomic E-state index is -0.741. The second-order valence-electron chi connectivity index (χ2n) is 6.34. The minimum Gasteiger partial charge on any atom is -0.504 e. The van der Waals surface area contributed by atoms with E-state index in [0.29, 0.717) is 47.9 Å². The van der Waals surface area contributed by atoms with E-state index in [1.54, 1.807) is 0 Å². The van der Waals surface area contributed by atoms with Crippen LogP contribution in [0.4, 0.5) is 0 Å². The lowest BCUT2D eigenvalue weighted by Gasteiger charge is -2.28. The van der Waals surface area contributed by atoms with E-state index in [1.807, 2.05) is 0 Å². The molecule has 6 nitrogen and oxygen atoms in total. The average molecular weight is 316 g/mol. The fourth-order valence-electron chi connectivity index (χ4n) is 4.30. The van der Waals surface area contributed by atoms with Crippen molar-refractivity contribution >= 4 is 0 Å². The van der Waals surface area contributed by atoms with Gasteiger partial charge in [-0.25, -0.2) is 0 Å². The van der Waals surface area contributed by atoms with E-state index in [-0.39, 0.29) is 11.5 Å². The summed E-state index contributed by atoms with van der Waals surface area (Å²) in [6.07, 6.45) is 2.28. The van der Waals surface area contributed by atoms with Gasteiger partial charge >= 0.3 is 0 Å². The molecule has 0 aliphatic heterocycles. The van der Waals surface area contributed by atoms with Crippen LogP contribution in [-0.2, 0) is 18.3 Å². The molecular formula is C17H16O6. The third kappa shape index (κ3) is 1.52. The molecule has 120 valence electrons. The zero-order valence-electron chi connectivity index (χ0n) is 12.2. The normalized spacial score (nSPS) is 17.4. The topological polar surface area (TPSA) is 121 Å². The predicted octanol–water partition coefficient (Wildman–Crippen LogP) is 2.10. The van der Waals surface area contributed by atoms with Crippen molar-refractivity contribution in [2.24, 2.45) is 0 Å². The van der Waals surface area contributed by atoms with Crippen LogP contribution in [0, 0.1) is 0 Å².